The summed E-state index contributed by atoms with van der Waals surface area (Å²) in [5, 5.41) is 20.4. The Kier molecular flexibility index (Phi) is 9.66. The summed E-state index contributed by atoms with van der Waals surface area (Å²) in [4.78, 5) is 0. The summed E-state index contributed by atoms with van der Waals surface area (Å²) in [6.45, 7) is 3.03. The molecule has 0 fully saturated rings. The first-order chi connectivity index (χ1) is 6.35. The quantitative estimate of drug-likeness (QED) is 0.576. The predicted octanol–water partition coefficient (Wildman–Crippen LogP) is 0.994. The smallest absolute Gasteiger partial charge is 0.0960 e. The van der Waals surface area contributed by atoms with Crippen LogP contribution in [0.4, 0.5) is 0 Å². The summed E-state index contributed by atoms with van der Waals surface area (Å²) in [6.07, 6.45) is 1.61. The topological polar surface area (TPSA) is 56.0 Å². The normalized spacial score (nSPS) is 12.4. The summed E-state index contributed by atoms with van der Waals surface area (Å²) in [5.41, 5.74) is 0. The summed E-state index contributed by atoms with van der Waals surface area (Å²) in [7, 11) is 0. The Labute approximate surface area is 84.5 Å². The number of aliphatic hydroxyl groups is 1. The molecule has 4 heteroatoms. The molecule has 76 valence electrons. The minimum absolute atomic E-state index is 0.0504. The standard InChI is InChI=1S/C9H18N2OS/c1-2-13-7-4-9(8-10)11-5-3-6-12/h9,11-12H,2-7H2,1H3. The van der Waals surface area contributed by atoms with Gasteiger partial charge in [-0.05, 0) is 30.9 Å². The van der Waals surface area contributed by atoms with E-state index in [1.54, 1.807) is 0 Å². The van der Waals surface area contributed by atoms with Crippen LogP contribution in [0, 0.1) is 11.3 Å². The Hall–Kier alpha value is -0.240. The van der Waals surface area contributed by atoms with Gasteiger partial charge in [-0.25, -0.2) is 0 Å². The molecule has 0 bridgehead atoms. The molecule has 2 N–H and O–H groups in total. The Morgan fingerprint density at radius 2 is 2.38 bits per heavy atom. The SMILES string of the molecule is CCSCCC(C#N)NCCCO. The third-order valence-electron chi connectivity index (χ3n) is 1.64. The van der Waals surface area contributed by atoms with Crippen molar-refractivity contribution in [2.75, 3.05) is 24.7 Å². The number of thioether (sulfide) groups is 1. The number of aliphatic hydroxyl groups excluding tert-OH is 1. The van der Waals surface area contributed by atoms with Gasteiger partial charge in [0.25, 0.3) is 0 Å². The molecular weight excluding hydrogens is 184 g/mol. The molecule has 0 aromatic carbocycles. The number of nitrogens with one attached hydrogen (secondary N) is 1. The molecule has 0 saturated heterocycles. The number of hydrogen-bond acceptors (Lipinski definition) is 4. The van der Waals surface area contributed by atoms with E-state index in [9.17, 15) is 0 Å². The minimum atomic E-state index is -0.0504. The molecule has 13 heavy (non-hydrogen) atoms. The Bertz CT molecular complexity index is 137. The molecule has 1 unspecified atom stereocenters. The second-order valence-electron chi connectivity index (χ2n) is 2.70. The van der Waals surface area contributed by atoms with Gasteiger partial charge in [-0.1, -0.05) is 6.92 Å². The van der Waals surface area contributed by atoms with E-state index in [0.29, 0.717) is 0 Å². The van der Waals surface area contributed by atoms with E-state index >= 15 is 0 Å². The lowest BCUT2D eigenvalue weighted by atomic mass is 10.2. The number of rotatable bonds is 8. The first-order valence-electron chi connectivity index (χ1n) is 4.66. The van der Waals surface area contributed by atoms with E-state index < -0.39 is 0 Å². The first kappa shape index (κ1) is 12.8. The predicted molar refractivity (Wildman–Crippen MR) is 56.7 cm³/mol. The van der Waals surface area contributed by atoms with Crippen molar-refractivity contribution < 1.29 is 5.11 Å². The van der Waals surface area contributed by atoms with E-state index in [0.717, 1.165) is 30.9 Å². The minimum Gasteiger partial charge on any atom is -0.396 e. The molecule has 0 saturated carbocycles. The molecule has 0 amide bonds. The molecule has 0 rings (SSSR count). The van der Waals surface area contributed by atoms with E-state index in [4.69, 9.17) is 10.4 Å². The molecule has 0 aromatic heterocycles. The van der Waals surface area contributed by atoms with Gasteiger partial charge in [-0.15, -0.1) is 0 Å². The van der Waals surface area contributed by atoms with Gasteiger partial charge in [-0.2, -0.15) is 17.0 Å². The van der Waals surface area contributed by atoms with Crippen molar-refractivity contribution in [3.05, 3.63) is 0 Å². The van der Waals surface area contributed by atoms with E-state index in [2.05, 4.69) is 18.3 Å². The Morgan fingerprint density at radius 1 is 1.62 bits per heavy atom. The van der Waals surface area contributed by atoms with Crippen molar-refractivity contribution in [1.29, 1.82) is 5.26 Å². The number of nitriles is 1. The first-order valence-corrected chi connectivity index (χ1v) is 5.82. The van der Waals surface area contributed by atoms with Crippen LogP contribution in [0.15, 0.2) is 0 Å². The molecule has 0 radical (unpaired) electrons. The molecule has 0 aliphatic heterocycles. The van der Waals surface area contributed by atoms with Crippen molar-refractivity contribution in [2.45, 2.75) is 25.8 Å². The van der Waals surface area contributed by atoms with Crippen LogP contribution in [0.5, 0.6) is 0 Å². The average molecular weight is 202 g/mol. The van der Waals surface area contributed by atoms with Crippen molar-refractivity contribution in [1.82, 2.24) is 5.32 Å². The van der Waals surface area contributed by atoms with Gasteiger partial charge >= 0.3 is 0 Å². The summed E-state index contributed by atoms with van der Waals surface area (Å²) < 4.78 is 0. The fourth-order valence-corrected chi connectivity index (χ4v) is 1.60. The molecule has 0 heterocycles. The number of nitrogens with zero attached hydrogens (tertiary/aromatic N) is 1. The maximum atomic E-state index is 8.74. The van der Waals surface area contributed by atoms with Gasteiger partial charge in [-0.3, -0.25) is 0 Å². The average Bonchev–Trinajstić information content (AvgIpc) is 2.16. The van der Waals surface area contributed by atoms with E-state index in [-0.39, 0.29) is 12.6 Å². The van der Waals surface area contributed by atoms with Gasteiger partial charge in [0, 0.05) is 6.61 Å². The van der Waals surface area contributed by atoms with Gasteiger partial charge < -0.3 is 10.4 Å². The van der Waals surface area contributed by atoms with Crippen LogP contribution >= 0.6 is 11.8 Å². The molecular formula is C9H18N2OS. The maximum Gasteiger partial charge on any atom is 0.0960 e. The molecule has 0 aromatic rings. The second kappa shape index (κ2) is 9.85. The van der Waals surface area contributed by atoms with E-state index in [1.807, 2.05) is 11.8 Å². The molecule has 0 aliphatic carbocycles. The highest BCUT2D eigenvalue weighted by molar-refractivity contribution is 7.99. The highest BCUT2D eigenvalue weighted by Crippen LogP contribution is 2.03. The van der Waals surface area contributed by atoms with Gasteiger partial charge in [0.1, 0.15) is 0 Å². The zero-order valence-electron chi connectivity index (χ0n) is 8.12. The maximum absolute atomic E-state index is 8.74. The highest BCUT2D eigenvalue weighted by atomic mass is 32.2. The van der Waals surface area contributed by atoms with Crippen LogP contribution in [0.1, 0.15) is 19.8 Å². The summed E-state index contributed by atoms with van der Waals surface area (Å²) in [6, 6.07) is 2.16. The number of hydrogen-bond donors (Lipinski definition) is 2. The fraction of sp³-hybridized carbons (Fsp3) is 0.889. The van der Waals surface area contributed by atoms with Crippen molar-refractivity contribution in [3.63, 3.8) is 0 Å². The van der Waals surface area contributed by atoms with Crippen LogP contribution in [-0.4, -0.2) is 35.8 Å². The third kappa shape index (κ3) is 8.10. The largest absolute Gasteiger partial charge is 0.396 e. The van der Waals surface area contributed by atoms with Gasteiger partial charge in [0.2, 0.25) is 0 Å². The van der Waals surface area contributed by atoms with E-state index in [1.165, 1.54) is 0 Å². The van der Waals surface area contributed by atoms with Crippen LogP contribution in [0.3, 0.4) is 0 Å². The van der Waals surface area contributed by atoms with Crippen LogP contribution in [0.2, 0.25) is 0 Å². The summed E-state index contributed by atoms with van der Waals surface area (Å²) in [5.74, 6) is 2.13. The highest BCUT2D eigenvalue weighted by Gasteiger charge is 2.04. The van der Waals surface area contributed by atoms with Crippen LogP contribution in [-0.2, 0) is 0 Å². The second-order valence-corrected chi connectivity index (χ2v) is 4.09. The van der Waals surface area contributed by atoms with Crippen molar-refractivity contribution >= 4 is 11.8 Å². The lowest BCUT2D eigenvalue weighted by molar-refractivity contribution is 0.284. The lowest BCUT2D eigenvalue weighted by Crippen LogP contribution is -2.29. The summed E-state index contributed by atoms with van der Waals surface area (Å²) >= 11 is 1.85. The zero-order chi connectivity index (χ0) is 9.94. The van der Waals surface area contributed by atoms with Crippen LogP contribution < -0.4 is 5.32 Å². The van der Waals surface area contributed by atoms with Crippen molar-refractivity contribution in [3.8, 4) is 6.07 Å². The Balaban J connectivity index is 3.36. The molecule has 1 atom stereocenters. The fourth-order valence-electron chi connectivity index (χ4n) is 0.913. The molecule has 0 aliphatic rings. The molecule has 0 spiro atoms. The van der Waals surface area contributed by atoms with Crippen molar-refractivity contribution in [2.24, 2.45) is 0 Å². The monoisotopic (exact) mass is 202 g/mol. The Morgan fingerprint density at radius 3 is 2.92 bits per heavy atom. The van der Waals surface area contributed by atoms with Gasteiger partial charge in [0.15, 0.2) is 0 Å². The van der Waals surface area contributed by atoms with Gasteiger partial charge in [0.05, 0.1) is 12.1 Å². The van der Waals surface area contributed by atoms with Crippen LogP contribution in [0.25, 0.3) is 0 Å². The zero-order valence-corrected chi connectivity index (χ0v) is 8.94. The molecule has 3 nitrogen and oxygen atoms in total. The third-order valence-corrected chi connectivity index (χ3v) is 2.57. The lowest BCUT2D eigenvalue weighted by Gasteiger charge is -2.09.